The molecule has 0 unspecified atom stereocenters. The molecule has 4 aliphatic carbocycles. The molecule has 20 atom stereocenters. The number of hydrogen-bond donors (Lipinski definition) is 8. The fourth-order valence-electron chi connectivity index (χ4n) is 12.3. The van der Waals surface area contributed by atoms with Crippen LogP contribution in [0.4, 0.5) is 0 Å². The largest absolute Gasteiger partial charge is 0.394 e. The lowest BCUT2D eigenvalue weighted by molar-refractivity contribution is -0.214. The van der Waals surface area contributed by atoms with Crippen molar-refractivity contribution in [1.29, 1.82) is 0 Å². The Morgan fingerprint density at radius 2 is 1.45 bits per heavy atom. The van der Waals surface area contributed by atoms with Crippen molar-refractivity contribution in [2.24, 2.45) is 46.3 Å². The monoisotopic (exact) mass is 784 g/mol. The standard InChI is InChI=1S/C42H72O13/c1-8-22(20(2)3)10-9-21(4)32-30(53-40-35(49)33(47)37(54-40)27(45)18-43)17-26-31-25(12-14-42(26,32)6)41(5)13-11-24(44)15-23(41)16-29(31)52-39-36(50)34(48)38(55-39)28(46)19-51-7/h20-25,27-30,32-40,43-50H,8-19H2,1-7H3/t21-,22+,23-,24-,25+,27-,28-,29+,30-,32+,33-,34-,35-,36-,37+,38+,39-,40-,41+,42+/m1/s1. The molecule has 13 nitrogen and oxygen atoms in total. The van der Waals surface area contributed by atoms with E-state index in [1.807, 2.05) is 0 Å². The molecule has 0 radical (unpaired) electrons. The molecule has 0 aromatic rings. The van der Waals surface area contributed by atoms with Crippen LogP contribution < -0.4 is 0 Å². The molecule has 13 heteroatoms. The van der Waals surface area contributed by atoms with E-state index in [1.165, 1.54) is 18.3 Å². The Bertz CT molecular complexity index is 1310. The Balaban J connectivity index is 1.39. The number of aliphatic hydroxyl groups is 8. The zero-order valence-corrected chi connectivity index (χ0v) is 34.1. The molecule has 0 aromatic heterocycles. The molecule has 0 spiro atoms. The third-order valence-corrected chi connectivity index (χ3v) is 15.5. The highest BCUT2D eigenvalue weighted by molar-refractivity contribution is 5.39. The van der Waals surface area contributed by atoms with E-state index in [-0.39, 0.29) is 41.1 Å². The summed E-state index contributed by atoms with van der Waals surface area (Å²) in [6.45, 7) is 13.1. The first kappa shape index (κ1) is 43.8. The van der Waals surface area contributed by atoms with Gasteiger partial charge in [-0.3, -0.25) is 0 Å². The first-order valence-electron chi connectivity index (χ1n) is 21.2. The number of methoxy groups -OCH3 is 1. The molecular formula is C42H72O13. The Morgan fingerprint density at radius 3 is 2.05 bits per heavy atom. The van der Waals surface area contributed by atoms with Gasteiger partial charge in [0.1, 0.15) is 48.8 Å². The third-order valence-electron chi connectivity index (χ3n) is 15.5. The quantitative estimate of drug-likeness (QED) is 0.113. The summed E-state index contributed by atoms with van der Waals surface area (Å²) in [7, 11) is 1.44. The van der Waals surface area contributed by atoms with E-state index in [2.05, 4.69) is 41.5 Å². The lowest BCUT2D eigenvalue weighted by Gasteiger charge is -2.58. The van der Waals surface area contributed by atoms with Gasteiger partial charge in [0, 0.05) is 7.11 Å². The molecule has 55 heavy (non-hydrogen) atoms. The summed E-state index contributed by atoms with van der Waals surface area (Å²) in [6.07, 6.45) is -5.82. The van der Waals surface area contributed by atoms with E-state index in [0.29, 0.717) is 31.1 Å². The smallest absolute Gasteiger partial charge is 0.187 e. The molecule has 6 rings (SSSR count). The van der Waals surface area contributed by atoms with Gasteiger partial charge in [0.2, 0.25) is 0 Å². The zero-order chi connectivity index (χ0) is 40.1. The van der Waals surface area contributed by atoms with Crippen LogP contribution in [0.5, 0.6) is 0 Å². The molecule has 318 valence electrons. The average Bonchev–Trinajstić information content (AvgIpc) is 3.71. The first-order chi connectivity index (χ1) is 26.0. The lowest BCUT2D eigenvalue weighted by atomic mass is 9.48. The summed E-state index contributed by atoms with van der Waals surface area (Å²) in [5.74, 6) is 1.65. The normalized spacial score (nSPS) is 46.7. The summed E-state index contributed by atoms with van der Waals surface area (Å²) < 4.78 is 30.7. The summed E-state index contributed by atoms with van der Waals surface area (Å²) in [4.78, 5) is 0. The summed E-state index contributed by atoms with van der Waals surface area (Å²) in [5, 5.41) is 85.7. The second-order valence-electron chi connectivity index (χ2n) is 19.0. The van der Waals surface area contributed by atoms with Gasteiger partial charge in [0.15, 0.2) is 12.6 Å². The fourth-order valence-corrected chi connectivity index (χ4v) is 12.3. The molecule has 2 aliphatic heterocycles. The molecule has 0 bridgehead atoms. The van der Waals surface area contributed by atoms with Crippen molar-refractivity contribution >= 4 is 0 Å². The van der Waals surface area contributed by atoms with Crippen LogP contribution in [0, 0.1) is 46.3 Å². The lowest BCUT2D eigenvalue weighted by Crippen LogP contribution is -2.53. The van der Waals surface area contributed by atoms with Crippen LogP contribution in [0.1, 0.15) is 106 Å². The highest BCUT2D eigenvalue weighted by Gasteiger charge is 2.62. The zero-order valence-electron chi connectivity index (χ0n) is 34.1. The molecule has 2 saturated heterocycles. The minimum absolute atomic E-state index is 0.0125. The maximum absolute atomic E-state index is 11.2. The predicted molar refractivity (Wildman–Crippen MR) is 201 cm³/mol. The van der Waals surface area contributed by atoms with Gasteiger partial charge < -0.3 is 64.5 Å². The van der Waals surface area contributed by atoms with Crippen molar-refractivity contribution in [3.05, 3.63) is 11.1 Å². The first-order valence-corrected chi connectivity index (χ1v) is 21.2. The number of ether oxygens (including phenoxy) is 5. The molecule has 0 amide bonds. The van der Waals surface area contributed by atoms with Crippen molar-refractivity contribution in [2.45, 2.75) is 185 Å². The summed E-state index contributed by atoms with van der Waals surface area (Å²) in [6, 6.07) is 0. The van der Waals surface area contributed by atoms with E-state index >= 15 is 0 Å². The van der Waals surface area contributed by atoms with Crippen LogP contribution in [-0.2, 0) is 23.7 Å². The fraction of sp³-hybridized carbons (Fsp3) is 0.952. The number of rotatable bonds is 15. The minimum atomic E-state index is -1.43. The van der Waals surface area contributed by atoms with E-state index in [4.69, 9.17) is 23.7 Å². The molecular weight excluding hydrogens is 712 g/mol. The van der Waals surface area contributed by atoms with Gasteiger partial charge in [-0.1, -0.05) is 60.0 Å². The summed E-state index contributed by atoms with van der Waals surface area (Å²) >= 11 is 0. The van der Waals surface area contributed by atoms with Crippen LogP contribution in [0.15, 0.2) is 11.1 Å². The Morgan fingerprint density at radius 1 is 0.818 bits per heavy atom. The van der Waals surface area contributed by atoms with Crippen LogP contribution in [-0.4, -0.2) is 141 Å². The van der Waals surface area contributed by atoms with Crippen molar-refractivity contribution < 1.29 is 64.5 Å². The molecule has 3 saturated carbocycles. The number of fused-ring (bicyclic) bond motifs is 4. The average molecular weight is 785 g/mol. The topological polar surface area (TPSA) is 208 Å². The Kier molecular flexibility index (Phi) is 13.9. The van der Waals surface area contributed by atoms with E-state index in [1.54, 1.807) is 0 Å². The van der Waals surface area contributed by atoms with Crippen LogP contribution >= 0.6 is 0 Å². The van der Waals surface area contributed by atoms with E-state index in [9.17, 15) is 40.9 Å². The summed E-state index contributed by atoms with van der Waals surface area (Å²) in [5.41, 5.74) is 1.99. The van der Waals surface area contributed by atoms with Crippen molar-refractivity contribution in [2.75, 3.05) is 20.3 Å². The number of aliphatic hydroxyl groups excluding tert-OH is 8. The molecule has 2 heterocycles. The minimum Gasteiger partial charge on any atom is -0.394 e. The van der Waals surface area contributed by atoms with E-state index in [0.717, 1.165) is 44.9 Å². The van der Waals surface area contributed by atoms with Gasteiger partial charge >= 0.3 is 0 Å². The third kappa shape index (κ3) is 8.11. The van der Waals surface area contributed by atoms with Crippen LogP contribution in [0.2, 0.25) is 0 Å². The van der Waals surface area contributed by atoms with Gasteiger partial charge in [0.05, 0.1) is 31.5 Å². The van der Waals surface area contributed by atoms with Gasteiger partial charge in [0.25, 0.3) is 0 Å². The molecule has 0 aromatic carbocycles. The maximum Gasteiger partial charge on any atom is 0.187 e. The highest BCUT2D eigenvalue weighted by Crippen LogP contribution is 2.67. The highest BCUT2D eigenvalue weighted by atomic mass is 16.7. The molecule has 5 fully saturated rings. The van der Waals surface area contributed by atoms with Crippen LogP contribution in [0.25, 0.3) is 0 Å². The van der Waals surface area contributed by atoms with Gasteiger partial charge in [-0.25, -0.2) is 0 Å². The van der Waals surface area contributed by atoms with Gasteiger partial charge in [-0.15, -0.1) is 0 Å². The number of hydrogen-bond acceptors (Lipinski definition) is 13. The SMILES string of the molecule is CC[C@@H](CC[C@@H](C)[C@H]1[C@H](O[C@@H]2O[C@@H]([C@H](O)CO)[C@H](O)[C@H]2O)CC2=C3[C@@H](O[C@@H]4O[C@@H]([C@H](O)COC)[C@H](O)[C@H]4O)C[C@H]4C[C@H](O)CC[C@]4(C)[C@H]3CC[C@@]21C)C(C)C. The van der Waals surface area contributed by atoms with Crippen molar-refractivity contribution in [1.82, 2.24) is 0 Å². The van der Waals surface area contributed by atoms with E-state index < -0.39 is 86.3 Å². The van der Waals surface area contributed by atoms with Crippen molar-refractivity contribution in [3.63, 3.8) is 0 Å². The molecule has 6 aliphatic rings. The van der Waals surface area contributed by atoms with Crippen LogP contribution in [0.3, 0.4) is 0 Å². The van der Waals surface area contributed by atoms with Gasteiger partial charge in [-0.2, -0.15) is 0 Å². The predicted octanol–water partition coefficient (Wildman–Crippen LogP) is 2.41. The van der Waals surface area contributed by atoms with Gasteiger partial charge in [-0.05, 0) is 103 Å². The second kappa shape index (κ2) is 17.4. The Labute approximate surface area is 327 Å². The van der Waals surface area contributed by atoms with Crippen molar-refractivity contribution in [3.8, 4) is 0 Å². The molecule has 8 N–H and O–H groups in total. The Hall–Kier alpha value is -0.780. The maximum atomic E-state index is 11.2. The second-order valence-corrected chi connectivity index (χ2v) is 19.0.